The number of carbonyl (C=O) groups excluding carboxylic acids is 2. The number of benzene rings is 3. The van der Waals surface area contributed by atoms with E-state index < -0.39 is 0 Å². The number of para-hydroxylation sites is 2. The van der Waals surface area contributed by atoms with Crippen LogP contribution in [0.15, 0.2) is 77.7 Å². The first-order valence-corrected chi connectivity index (χ1v) is 11.6. The summed E-state index contributed by atoms with van der Waals surface area (Å²) in [5.41, 5.74) is 4.02. The summed E-state index contributed by atoms with van der Waals surface area (Å²) in [7, 11) is 0. The smallest absolute Gasteiger partial charge is 0.262 e. The number of rotatable bonds is 7. The van der Waals surface area contributed by atoms with Crippen LogP contribution >= 0.6 is 11.8 Å². The highest BCUT2D eigenvalue weighted by molar-refractivity contribution is 8.00. The molecule has 164 valence electrons. The predicted molar refractivity (Wildman–Crippen MR) is 130 cm³/mol. The first kappa shape index (κ1) is 22.0. The second-order valence-electron chi connectivity index (χ2n) is 7.88. The molecule has 2 amide bonds. The van der Waals surface area contributed by atoms with Gasteiger partial charge >= 0.3 is 0 Å². The molecule has 4 rings (SSSR count). The van der Waals surface area contributed by atoms with Gasteiger partial charge in [-0.25, -0.2) is 0 Å². The predicted octanol–water partition coefficient (Wildman–Crippen LogP) is 5.08. The van der Waals surface area contributed by atoms with Gasteiger partial charge in [0.15, 0.2) is 6.61 Å². The zero-order valence-corrected chi connectivity index (χ0v) is 19.0. The van der Waals surface area contributed by atoms with E-state index in [0.717, 1.165) is 22.6 Å². The Balaban J connectivity index is 1.35. The lowest BCUT2D eigenvalue weighted by Gasteiger charge is -2.22. The zero-order valence-electron chi connectivity index (χ0n) is 18.2. The third-order valence-electron chi connectivity index (χ3n) is 5.38. The minimum atomic E-state index is -0.243. The van der Waals surface area contributed by atoms with Gasteiger partial charge in [0.25, 0.3) is 5.91 Å². The molecule has 0 fully saturated rings. The van der Waals surface area contributed by atoms with Gasteiger partial charge in [-0.05, 0) is 56.2 Å². The Bertz CT molecular complexity index is 1110. The summed E-state index contributed by atoms with van der Waals surface area (Å²) in [6.45, 7) is 3.99. The lowest BCUT2D eigenvalue weighted by atomic mass is 10.1. The fourth-order valence-electron chi connectivity index (χ4n) is 3.82. The maximum absolute atomic E-state index is 13.0. The topological polar surface area (TPSA) is 58.6 Å². The van der Waals surface area contributed by atoms with Gasteiger partial charge in [0.1, 0.15) is 5.75 Å². The fraction of sp³-hybridized carbons (Fsp3) is 0.231. The number of carbonyl (C=O) groups is 2. The number of thioether (sulfide) groups is 1. The monoisotopic (exact) mass is 446 g/mol. The second-order valence-corrected chi connectivity index (χ2v) is 8.90. The average Bonchev–Trinajstić information content (AvgIpc) is 3.13. The van der Waals surface area contributed by atoms with E-state index in [2.05, 4.69) is 18.3 Å². The van der Waals surface area contributed by atoms with Gasteiger partial charge < -0.3 is 15.0 Å². The first-order chi connectivity index (χ1) is 15.5. The van der Waals surface area contributed by atoms with Crippen molar-refractivity contribution in [1.29, 1.82) is 0 Å². The van der Waals surface area contributed by atoms with Crippen molar-refractivity contribution in [3.05, 3.63) is 83.9 Å². The number of nitrogens with one attached hydrogen (secondary N) is 1. The standard InChI is InChI=1S/C26H26N2O3S/c1-18-11-13-21(14-12-18)31-16-25(29)27-22-8-4-6-10-24(22)32-17-26(30)28-19(2)15-20-7-3-5-9-23(20)28/h3-14,19H,15-17H2,1-2H3,(H,27,29)/t19-/m0/s1. The van der Waals surface area contributed by atoms with Crippen LogP contribution in [0, 0.1) is 6.92 Å². The van der Waals surface area contributed by atoms with Crippen LogP contribution in [0.3, 0.4) is 0 Å². The highest BCUT2D eigenvalue weighted by atomic mass is 32.2. The minimum Gasteiger partial charge on any atom is -0.484 e. The number of hydrogen-bond donors (Lipinski definition) is 1. The van der Waals surface area contributed by atoms with Gasteiger partial charge in [-0.15, -0.1) is 11.8 Å². The maximum Gasteiger partial charge on any atom is 0.262 e. The molecule has 0 spiro atoms. The van der Waals surface area contributed by atoms with Crippen molar-refractivity contribution in [2.45, 2.75) is 31.2 Å². The van der Waals surface area contributed by atoms with Gasteiger partial charge in [-0.3, -0.25) is 9.59 Å². The van der Waals surface area contributed by atoms with Crippen LogP contribution in [0.1, 0.15) is 18.1 Å². The molecule has 0 saturated carbocycles. The number of amides is 2. The Morgan fingerprint density at radius 3 is 2.56 bits per heavy atom. The average molecular weight is 447 g/mol. The number of aryl methyl sites for hydroxylation is 1. The van der Waals surface area contributed by atoms with Gasteiger partial charge in [0, 0.05) is 16.6 Å². The van der Waals surface area contributed by atoms with Crippen LogP contribution in [0.4, 0.5) is 11.4 Å². The minimum absolute atomic E-state index is 0.0660. The summed E-state index contributed by atoms with van der Waals surface area (Å²) in [6.07, 6.45) is 0.875. The lowest BCUT2D eigenvalue weighted by molar-refractivity contribution is -0.118. The lowest BCUT2D eigenvalue weighted by Crippen LogP contribution is -2.37. The third-order valence-corrected chi connectivity index (χ3v) is 6.44. The molecule has 1 heterocycles. The highest BCUT2D eigenvalue weighted by Crippen LogP contribution is 2.34. The Hall–Kier alpha value is -3.25. The van der Waals surface area contributed by atoms with Gasteiger partial charge in [-0.1, -0.05) is 48.0 Å². The fourth-order valence-corrected chi connectivity index (χ4v) is 4.69. The van der Waals surface area contributed by atoms with Gasteiger partial charge in [0.05, 0.1) is 11.4 Å². The number of ether oxygens (including phenoxy) is 1. The van der Waals surface area contributed by atoms with Crippen molar-refractivity contribution in [2.75, 3.05) is 22.6 Å². The first-order valence-electron chi connectivity index (χ1n) is 10.6. The van der Waals surface area contributed by atoms with Crippen molar-refractivity contribution >= 4 is 35.0 Å². The summed E-state index contributed by atoms with van der Waals surface area (Å²) in [5, 5.41) is 2.90. The SMILES string of the molecule is Cc1ccc(OCC(=O)Nc2ccccc2SCC(=O)N2c3ccccc3C[C@@H]2C)cc1. The van der Waals surface area contributed by atoms with Gasteiger partial charge in [-0.2, -0.15) is 0 Å². The molecule has 32 heavy (non-hydrogen) atoms. The van der Waals surface area contributed by atoms with Crippen molar-refractivity contribution < 1.29 is 14.3 Å². The number of anilines is 2. The van der Waals surface area contributed by atoms with E-state index in [1.807, 2.05) is 78.6 Å². The molecule has 1 N–H and O–H groups in total. The van der Waals surface area contributed by atoms with Crippen LogP contribution < -0.4 is 15.0 Å². The Morgan fingerprint density at radius 2 is 1.75 bits per heavy atom. The molecule has 1 aliphatic rings. The van der Waals surface area contributed by atoms with E-state index >= 15 is 0 Å². The number of fused-ring (bicyclic) bond motifs is 1. The number of nitrogens with zero attached hydrogens (tertiary/aromatic N) is 1. The summed E-state index contributed by atoms with van der Waals surface area (Å²) in [6, 6.07) is 23.3. The van der Waals surface area contributed by atoms with Crippen LogP contribution in [-0.4, -0.2) is 30.2 Å². The van der Waals surface area contributed by atoms with E-state index in [4.69, 9.17) is 4.74 Å². The van der Waals surface area contributed by atoms with Gasteiger partial charge in [0.2, 0.25) is 5.91 Å². The second kappa shape index (κ2) is 9.92. The molecule has 3 aromatic rings. The molecular formula is C26H26N2O3S. The van der Waals surface area contributed by atoms with Crippen LogP contribution in [0.25, 0.3) is 0 Å². The molecule has 0 unspecified atom stereocenters. The molecule has 1 atom stereocenters. The largest absolute Gasteiger partial charge is 0.484 e. The molecule has 1 aliphatic heterocycles. The highest BCUT2D eigenvalue weighted by Gasteiger charge is 2.30. The van der Waals surface area contributed by atoms with Crippen molar-refractivity contribution in [3.8, 4) is 5.75 Å². The van der Waals surface area contributed by atoms with Crippen LogP contribution in [0.5, 0.6) is 5.75 Å². The van der Waals surface area contributed by atoms with Crippen molar-refractivity contribution in [1.82, 2.24) is 0 Å². The Morgan fingerprint density at radius 1 is 1.03 bits per heavy atom. The van der Waals surface area contributed by atoms with Crippen molar-refractivity contribution in [3.63, 3.8) is 0 Å². The summed E-state index contributed by atoms with van der Waals surface area (Å²) < 4.78 is 5.57. The molecule has 0 aliphatic carbocycles. The Kier molecular flexibility index (Phi) is 6.81. The number of hydrogen-bond acceptors (Lipinski definition) is 4. The van der Waals surface area contributed by atoms with Crippen LogP contribution in [-0.2, 0) is 16.0 Å². The normalized spacial score (nSPS) is 14.7. The van der Waals surface area contributed by atoms with Crippen molar-refractivity contribution in [2.24, 2.45) is 0 Å². The summed E-state index contributed by atoms with van der Waals surface area (Å²) in [4.78, 5) is 28.2. The van der Waals surface area contributed by atoms with E-state index in [1.54, 1.807) is 0 Å². The molecule has 3 aromatic carbocycles. The molecular weight excluding hydrogens is 420 g/mol. The van der Waals surface area contributed by atoms with E-state index in [1.165, 1.54) is 17.3 Å². The molecule has 0 bridgehead atoms. The van der Waals surface area contributed by atoms with E-state index in [9.17, 15) is 9.59 Å². The zero-order chi connectivity index (χ0) is 22.5. The molecule has 5 nitrogen and oxygen atoms in total. The molecule has 0 aromatic heterocycles. The van der Waals surface area contributed by atoms with Crippen LogP contribution in [0.2, 0.25) is 0 Å². The van der Waals surface area contributed by atoms with E-state index in [0.29, 0.717) is 17.2 Å². The maximum atomic E-state index is 13.0. The molecule has 0 radical (unpaired) electrons. The third kappa shape index (κ3) is 5.14. The summed E-state index contributed by atoms with van der Waals surface area (Å²) in [5.74, 6) is 0.771. The van der Waals surface area contributed by atoms with E-state index in [-0.39, 0.29) is 24.5 Å². The summed E-state index contributed by atoms with van der Waals surface area (Å²) >= 11 is 1.43. The molecule has 0 saturated heterocycles. The quantitative estimate of drug-likeness (QED) is 0.514. The molecule has 6 heteroatoms. The Labute approximate surface area is 192 Å².